The Bertz CT molecular complexity index is 745. The van der Waals surface area contributed by atoms with Crippen LogP contribution in [0.2, 0.25) is 0 Å². The SMILES string of the molecule is CC(C)Oc1ccc(-n2cnc(-c3ccc(N)cc3)n2)cc1. The molecular weight excluding hydrogens is 276 g/mol. The highest BCUT2D eigenvalue weighted by Gasteiger charge is 2.06. The van der Waals surface area contributed by atoms with Crippen LogP contribution in [-0.4, -0.2) is 20.9 Å². The fourth-order valence-electron chi connectivity index (χ4n) is 2.10. The third-order valence-corrected chi connectivity index (χ3v) is 3.13. The Morgan fingerprint density at radius 1 is 1.00 bits per heavy atom. The number of anilines is 1. The second-order valence-electron chi connectivity index (χ2n) is 5.30. The predicted octanol–water partition coefficient (Wildman–Crippen LogP) is 3.30. The Labute approximate surface area is 129 Å². The standard InChI is InChI=1S/C17H18N4O/c1-12(2)22-16-9-7-15(8-10-16)21-11-19-17(20-21)13-3-5-14(18)6-4-13/h3-12H,18H2,1-2H3. The molecular formula is C17H18N4O. The molecule has 0 unspecified atom stereocenters. The van der Waals surface area contributed by atoms with Crippen molar-refractivity contribution in [2.24, 2.45) is 0 Å². The number of hydrogen-bond donors (Lipinski definition) is 1. The van der Waals surface area contributed by atoms with Crippen molar-refractivity contribution in [2.75, 3.05) is 5.73 Å². The molecule has 2 aromatic carbocycles. The molecule has 0 aliphatic rings. The Morgan fingerprint density at radius 3 is 2.32 bits per heavy atom. The van der Waals surface area contributed by atoms with E-state index in [1.54, 1.807) is 11.0 Å². The van der Waals surface area contributed by atoms with E-state index < -0.39 is 0 Å². The molecule has 0 atom stereocenters. The van der Waals surface area contributed by atoms with E-state index in [1.165, 1.54) is 0 Å². The molecule has 0 amide bonds. The topological polar surface area (TPSA) is 66.0 Å². The molecule has 3 aromatic rings. The number of ether oxygens (including phenoxy) is 1. The molecule has 0 radical (unpaired) electrons. The fourth-order valence-corrected chi connectivity index (χ4v) is 2.10. The first-order chi connectivity index (χ1) is 10.6. The molecule has 0 aliphatic carbocycles. The van der Waals surface area contributed by atoms with Crippen LogP contribution in [0.1, 0.15) is 13.8 Å². The number of rotatable bonds is 4. The van der Waals surface area contributed by atoms with Crippen molar-refractivity contribution in [3.05, 3.63) is 54.9 Å². The van der Waals surface area contributed by atoms with Crippen molar-refractivity contribution in [3.8, 4) is 22.8 Å². The third-order valence-electron chi connectivity index (χ3n) is 3.13. The summed E-state index contributed by atoms with van der Waals surface area (Å²) in [6.45, 7) is 4.01. The summed E-state index contributed by atoms with van der Waals surface area (Å²) in [5.41, 5.74) is 8.29. The first kappa shape index (κ1) is 14.1. The van der Waals surface area contributed by atoms with Crippen molar-refractivity contribution >= 4 is 5.69 Å². The van der Waals surface area contributed by atoms with Crippen LogP contribution in [0.4, 0.5) is 5.69 Å². The molecule has 0 fully saturated rings. The summed E-state index contributed by atoms with van der Waals surface area (Å²) in [4.78, 5) is 4.34. The summed E-state index contributed by atoms with van der Waals surface area (Å²) in [7, 11) is 0. The maximum absolute atomic E-state index is 5.69. The predicted molar refractivity (Wildman–Crippen MR) is 87.0 cm³/mol. The van der Waals surface area contributed by atoms with E-state index in [1.807, 2.05) is 62.4 Å². The number of aromatic nitrogens is 3. The molecule has 3 rings (SSSR count). The molecule has 1 heterocycles. The number of nitrogen functional groups attached to an aromatic ring is 1. The molecule has 0 aliphatic heterocycles. The minimum Gasteiger partial charge on any atom is -0.491 e. The molecule has 0 spiro atoms. The first-order valence-electron chi connectivity index (χ1n) is 7.16. The highest BCUT2D eigenvalue weighted by Crippen LogP contribution is 2.19. The van der Waals surface area contributed by atoms with Crippen LogP contribution in [0.5, 0.6) is 5.75 Å². The molecule has 0 bridgehead atoms. The van der Waals surface area contributed by atoms with Gasteiger partial charge in [0.15, 0.2) is 5.82 Å². The molecule has 112 valence electrons. The van der Waals surface area contributed by atoms with Gasteiger partial charge in [0.1, 0.15) is 12.1 Å². The minimum absolute atomic E-state index is 0.161. The maximum atomic E-state index is 5.69. The highest BCUT2D eigenvalue weighted by molar-refractivity contribution is 5.58. The van der Waals surface area contributed by atoms with Crippen molar-refractivity contribution in [3.63, 3.8) is 0 Å². The highest BCUT2D eigenvalue weighted by atomic mass is 16.5. The van der Waals surface area contributed by atoms with Gasteiger partial charge in [0, 0.05) is 11.3 Å². The average molecular weight is 294 g/mol. The summed E-state index contributed by atoms with van der Waals surface area (Å²) < 4.78 is 7.37. The fraction of sp³-hybridized carbons (Fsp3) is 0.176. The van der Waals surface area contributed by atoms with Gasteiger partial charge in [0.25, 0.3) is 0 Å². The van der Waals surface area contributed by atoms with Crippen LogP contribution in [-0.2, 0) is 0 Å². The quantitative estimate of drug-likeness (QED) is 0.750. The summed E-state index contributed by atoms with van der Waals surface area (Å²) in [5.74, 6) is 1.51. The summed E-state index contributed by atoms with van der Waals surface area (Å²) >= 11 is 0. The molecule has 2 N–H and O–H groups in total. The van der Waals surface area contributed by atoms with Gasteiger partial charge in [-0.3, -0.25) is 0 Å². The minimum atomic E-state index is 0.161. The van der Waals surface area contributed by atoms with Gasteiger partial charge in [-0.1, -0.05) is 0 Å². The summed E-state index contributed by atoms with van der Waals surface area (Å²) in [6.07, 6.45) is 1.86. The third kappa shape index (κ3) is 3.09. The van der Waals surface area contributed by atoms with Gasteiger partial charge in [-0.25, -0.2) is 9.67 Å². The number of nitrogens with zero attached hydrogens (tertiary/aromatic N) is 3. The zero-order valence-corrected chi connectivity index (χ0v) is 12.6. The Morgan fingerprint density at radius 2 is 1.68 bits per heavy atom. The van der Waals surface area contributed by atoms with Crippen molar-refractivity contribution in [2.45, 2.75) is 20.0 Å². The molecule has 5 nitrogen and oxygen atoms in total. The van der Waals surface area contributed by atoms with E-state index in [2.05, 4.69) is 10.1 Å². The summed E-state index contributed by atoms with van der Waals surface area (Å²) in [6, 6.07) is 15.3. The van der Waals surface area contributed by atoms with Crippen LogP contribution in [0.3, 0.4) is 0 Å². The molecule has 5 heteroatoms. The van der Waals surface area contributed by atoms with Crippen molar-refractivity contribution < 1.29 is 4.74 Å². The first-order valence-corrected chi connectivity index (χ1v) is 7.16. The van der Waals surface area contributed by atoms with Gasteiger partial charge in [-0.15, -0.1) is 5.10 Å². The van der Waals surface area contributed by atoms with Crippen LogP contribution < -0.4 is 10.5 Å². The Hall–Kier alpha value is -2.82. The molecule has 22 heavy (non-hydrogen) atoms. The van der Waals surface area contributed by atoms with Gasteiger partial charge in [-0.2, -0.15) is 0 Å². The Balaban J connectivity index is 1.82. The average Bonchev–Trinajstić information content (AvgIpc) is 2.98. The lowest BCUT2D eigenvalue weighted by Crippen LogP contribution is -2.05. The van der Waals surface area contributed by atoms with Gasteiger partial charge >= 0.3 is 0 Å². The van der Waals surface area contributed by atoms with Crippen molar-refractivity contribution in [1.29, 1.82) is 0 Å². The maximum Gasteiger partial charge on any atom is 0.181 e. The van der Waals surface area contributed by atoms with E-state index in [9.17, 15) is 0 Å². The lowest BCUT2D eigenvalue weighted by Gasteiger charge is -2.09. The lowest BCUT2D eigenvalue weighted by molar-refractivity contribution is 0.242. The van der Waals surface area contributed by atoms with E-state index in [0.717, 1.165) is 22.7 Å². The zero-order valence-electron chi connectivity index (χ0n) is 12.6. The van der Waals surface area contributed by atoms with E-state index in [4.69, 9.17) is 10.5 Å². The van der Waals surface area contributed by atoms with Gasteiger partial charge in [0.2, 0.25) is 0 Å². The smallest absolute Gasteiger partial charge is 0.181 e. The largest absolute Gasteiger partial charge is 0.491 e. The Kier molecular flexibility index (Phi) is 3.78. The number of hydrogen-bond acceptors (Lipinski definition) is 4. The van der Waals surface area contributed by atoms with Crippen LogP contribution in [0.15, 0.2) is 54.9 Å². The molecule has 1 aromatic heterocycles. The summed E-state index contributed by atoms with van der Waals surface area (Å²) in [5, 5.41) is 4.49. The zero-order chi connectivity index (χ0) is 15.5. The van der Waals surface area contributed by atoms with Gasteiger partial charge < -0.3 is 10.5 Å². The van der Waals surface area contributed by atoms with Crippen LogP contribution in [0.25, 0.3) is 17.1 Å². The van der Waals surface area contributed by atoms with E-state index >= 15 is 0 Å². The van der Waals surface area contributed by atoms with E-state index in [0.29, 0.717) is 5.82 Å². The normalized spacial score (nSPS) is 10.9. The van der Waals surface area contributed by atoms with Gasteiger partial charge in [-0.05, 0) is 62.4 Å². The monoisotopic (exact) mass is 294 g/mol. The molecule has 0 saturated heterocycles. The molecule has 0 saturated carbocycles. The van der Waals surface area contributed by atoms with Crippen LogP contribution >= 0.6 is 0 Å². The van der Waals surface area contributed by atoms with Gasteiger partial charge in [0.05, 0.1) is 11.8 Å². The second-order valence-corrected chi connectivity index (χ2v) is 5.30. The van der Waals surface area contributed by atoms with Crippen LogP contribution in [0, 0.1) is 0 Å². The second kappa shape index (κ2) is 5.89. The van der Waals surface area contributed by atoms with E-state index in [-0.39, 0.29) is 6.10 Å². The number of nitrogens with two attached hydrogens (primary N) is 1. The number of benzene rings is 2. The van der Waals surface area contributed by atoms with Crippen molar-refractivity contribution in [1.82, 2.24) is 14.8 Å². The lowest BCUT2D eigenvalue weighted by atomic mass is 10.2.